The lowest BCUT2D eigenvalue weighted by Crippen LogP contribution is -2.31. The molecule has 0 aliphatic heterocycles. The van der Waals surface area contributed by atoms with Crippen molar-refractivity contribution in [3.63, 3.8) is 0 Å². The highest BCUT2D eigenvalue weighted by Crippen LogP contribution is 2.22. The molecule has 1 atom stereocenters. The van der Waals surface area contributed by atoms with E-state index in [0.717, 1.165) is 0 Å². The van der Waals surface area contributed by atoms with Crippen LogP contribution in [0.2, 0.25) is 5.02 Å². The lowest BCUT2D eigenvalue weighted by Gasteiger charge is -2.17. The summed E-state index contributed by atoms with van der Waals surface area (Å²) in [5, 5.41) is 9.54. The number of benzene rings is 2. The Hall–Kier alpha value is -1.40. The number of rotatable bonds is 5. The van der Waals surface area contributed by atoms with Crippen LogP contribution in [0.4, 0.5) is 0 Å². The summed E-state index contributed by atoms with van der Waals surface area (Å²) in [6.07, 6.45) is 0. The summed E-state index contributed by atoms with van der Waals surface area (Å²) in [6.45, 7) is -0.340. The first-order valence-corrected chi connectivity index (χ1v) is 7.83. The van der Waals surface area contributed by atoms with E-state index in [1.54, 1.807) is 36.4 Å². The summed E-state index contributed by atoms with van der Waals surface area (Å²) < 4.78 is 27.0. The molecule has 2 N–H and O–H groups in total. The van der Waals surface area contributed by atoms with Crippen LogP contribution < -0.4 is 4.72 Å². The van der Waals surface area contributed by atoms with Gasteiger partial charge in [0.1, 0.15) is 4.90 Å². The first-order valence-electron chi connectivity index (χ1n) is 5.97. The van der Waals surface area contributed by atoms with E-state index in [9.17, 15) is 13.5 Å². The number of sulfonamides is 1. The zero-order valence-electron chi connectivity index (χ0n) is 10.5. The smallest absolute Gasteiger partial charge is 0.242 e. The number of aliphatic hydroxyl groups excluding tert-OH is 1. The minimum atomic E-state index is -3.79. The quantitative estimate of drug-likeness (QED) is 0.891. The maximum absolute atomic E-state index is 12.3. The van der Waals surface area contributed by atoms with Crippen molar-refractivity contribution in [3.05, 3.63) is 65.2 Å². The van der Waals surface area contributed by atoms with Crippen LogP contribution in [0.15, 0.2) is 59.5 Å². The number of nitrogens with one attached hydrogen (secondary N) is 1. The normalized spacial score (nSPS) is 13.1. The molecule has 0 spiro atoms. The minimum Gasteiger partial charge on any atom is -0.394 e. The van der Waals surface area contributed by atoms with Crippen LogP contribution >= 0.6 is 11.6 Å². The third-order valence-corrected chi connectivity index (χ3v) is 4.78. The lowest BCUT2D eigenvalue weighted by molar-refractivity contribution is 0.259. The number of aliphatic hydroxyl groups is 1. The van der Waals surface area contributed by atoms with Gasteiger partial charge in [-0.2, -0.15) is 0 Å². The van der Waals surface area contributed by atoms with Crippen LogP contribution in [0.25, 0.3) is 0 Å². The van der Waals surface area contributed by atoms with Gasteiger partial charge in [-0.3, -0.25) is 0 Å². The van der Waals surface area contributed by atoms with E-state index in [2.05, 4.69) is 4.72 Å². The van der Waals surface area contributed by atoms with Gasteiger partial charge >= 0.3 is 0 Å². The van der Waals surface area contributed by atoms with Crippen LogP contribution in [-0.4, -0.2) is 20.1 Å². The first kappa shape index (κ1) is 15.0. The number of hydrogen-bond acceptors (Lipinski definition) is 3. The molecule has 2 rings (SSSR count). The average Bonchev–Trinajstić information content (AvgIpc) is 2.46. The van der Waals surface area contributed by atoms with Crippen LogP contribution in [0.5, 0.6) is 0 Å². The largest absolute Gasteiger partial charge is 0.394 e. The van der Waals surface area contributed by atoms with Gasteiger partial charge in [-0.15, -0.1) is 0 Å². The zero-order chi connectivity index (χ0) is 14.6. The Labute approximate surface area is 123 Å². The van der Waals surface area contributed by atoms with Gasteiger partial charge in [0.25, 0.3) is 0 Å². The Balaban J connectivity index is 2.30. The molecule has 0 heterocycles. The fourth-order valence-electron chi connectivity index (χ4n) is 1.81. The van der Waals surface area contributed by atoms with E-state index in [-0.39, 0.29) is 16.5 Å². The fourth-order valence-corrected chi connectivity index (χ4v) is 3.54. The summed E-state index contributed by atoms with van der Waals surface area (Å²) in [6, 6.07) is 14.3. The van der Waals surface area contributed by atoms with Gasteiger partial charge < -0.3 is 5.11 Å². The van der Waals surface area contributed by atoms with Crippen LogP contribution in [0.1, 0.15) is 11.6 Å². The second kappa shape index (κ2) is 6.37. The van der Waals surface area contributed by atoms with E-state index in [0.29, 0.717) is 5.56 Å². The van der Waals surface area contributed by atoms with Gasteiger partial charge in [-0.1, -0.05) is 54.1 Å². The highest BCUT2D eigenvalue weighted by molar-refractivity contribution is 7.89. The molecule has 0 saturated carbocycles. The second-order valence-electron chi connectivity index (χ2n) is 4.20. The molecule has 0 bridgehead atoms. The monoisotopic (exact) mass is 311 g/mol. The van der Waals surface area contributed by atoms with E-state index in [1.165, 1.54) is 12.1 Å². The van der Waals surface area contributed by atoms with Gasteiger partial charge in [0.2, 0.25) is 10.0 Å². The van der Waals surface area contributed by atoms with Gasteiger partial charge in [0, 0.05) is 0 Å². The third kappa shape index (κ3) is 3.37. The van der Waals surface area contributed by atoms with E-state index < -0.39 is 16.1 Å². The molecular weight excluding hydrogens is 298 g/mol. The Morgan fingerprint density at radius 2 is 1.65 bits per heavy atom. The average molecular weight is 312 g/mol. The summed E-state index contributed by atoms with van der Waals surface area (Å²) in [7, 11) is -3.79. The molecule has 6 heteroatoms. The number of halogens is 1. The van der Waals surface area contributed by atoms with Crippen molar-refractivity contribution in [1.29, 1.82) is 0 Å². The van der Waals surface area contributed by atoms with Crippen molar-refractivity contribution < 1.29 is 13.5 Å². The van der Waals surface area contributed by atoms with Crippen LogP contribution in [0, 0.1) is 0 Å². The van der Waals surface area contributed by atoms with Crippen LogP contribution in [-0.2, 0) is 10.0 Å². The summed E-state index contributed by atoms with van der Waals surface area (Å²) >= 11 is 5.90. The molecule has 0 aliphatic rings. The Bertz CT molecular complexity index is 674. The maximum atomic E-state index is 12.3. The summed E-state index contributed by atoms with van der Waals surface area (Å²) in [5.41, 5.74) is 0.686. The SMILES string of the molecule is O=S(=O)(N[C@H](CO)c1ccccc1)c1ccccc1Cl. The Kier molecular flexibility index (Phi) is 4.77. The maximum Gasteiger partial charge on any atom is 0.242 e. The molecule has 106 valence electrons. The molecule has 0 unspecified atom stereocenters. The Morgan fingerprint density at radius 1 is 1.05 bits per heavy atom. The topological polar surface area (TPSA) is 66.4 Å². The molecule has 0 amide bonds. The third-order valence-electron chi connectivity index (χ3n) is 2.81. The standard InChI is InChI=1S/C14H14ClNO3S/c15-12-8-4-5-9-14(12)20(18,19)16-13(10-17)11-6-2-1-3-7-11/h1-9,13,16-17H,10H2/t13-/m1/s1. The van der Waals surface area contributed by atoms with Gasteiger partial charge in [-0.25, -0.2) is 13.1 Å². The molecule has 0 radical (unpaired) electrons. The highest BCUT2D eigenvalue weighted by Gasteiger charge is 2.22. The van der Waals surface area contributed by atoms with Crippen molar-refractivity contribution >= 4 is 21.6 Å². The molecule has 2 aromatic carbocycles. The van der Waals surface area contributed by atoms with Gasteiger partial charge in [0.15, 0.2) is 0 Å². The molecule has 0 aromatic heterocycles. The number of hydrogen-bond donors (Lipinski definition) is 2. The molecular formula is C14H14ClNO3S. The van der Waals surface area contributed by atoms with E-state index in [4.69, 9.17) is 11.6 Å². The summed E-state index contributed by atoms with van der Waals surface area (Å²) in [5.74, 6) is 0. The minimum absolute atomic E-state index is 0.00366. The van der Waals surface area contributed by atoms with Crippen molar-refractivity contribution in [3.8, 4) is 0 Å². The van der Waals surface area contributed by atoms with Crippen molar-refractivity contribution in [1.82, 2.24) is 4.72 Å². The first-order chi connectivity index (χ1) is 9.54. The second-order valence-corrected chi connectivity index (χ2v) is 6.29. The highest BCUT2D eigenvalue weighted by atomic mass is 35.5. The molecule has 0 fully saturated rings. The zero-order valence-corrected chi connectivity index (χ0v) is 12.1. The van der Waals surface area contributed by atoms with E-state index >= 15 is 0 Å². The fraction of sp³-hybridized carbons (Fsp3) is 0.143. The lowest BCUT2D eigenvalue weighted by atomic mass is 10.1. The van der Waals surface area contributed by atoms with E-state index in [1.807, 2.05) is 6.07 Å². The van der Waals surface area contributed by atoms with Crippen molar-refractivity contribution in [2.24, 2.45) is 0 Å². The molecule has 2 aromatic rings. The van der Waals surface area contributed by atoms with Gasteiger partial charge in [-0.05, 0) is 17.7 Å². The predicted molar refractivity (Wildman–Crippen MR) is 78.0 cm³/mol. The molecule has 0 saturated heterocycles. The van der Waals surface area contributed by atoms with Crippen LogP contribution in [0.3, 0.4) is 0 Å². The predicted octanol–water partition coefficient (Wildman–Crippen LogP) is 2.35. The van der Waals surface area contributed by atoms with Gasteiger partial charge in [0.05, 0.1) is 17.7 Å². The van der Waals surface area contributed by atoms with Crippen molar-refractivity contribution in [2.75, 3.05) is 6.61 Å². The summed E-state index contributed by atoms with van der Waals surface area (Å²) in [4.78, 5) is -0.00366. The molecule has 20 heavy (non-hydrogen) atoms. The molecule has 4 nitrogen and oxygen atoms in total. The van der Waals surface area contributed by atoms with Crippen molar-refractivity contribution in [2.45, 2.75) is 10.9 Å². The molecule has 0 aliphatic carbocycles. The Morgan fingerprint density at radius 3 is 2.25 bits per heavy atom.